The number of methoxy groups -OCH3 is 1. The molecule has 0 aliphatic carbocycles. The van der Waals surface area contributed by atoms with Gasteiger partial charge in [0.2, 0.25) is 11.9 Å². The van der Waals surface area contributed by atoms with Gasteiger partial charge in [0.1, 0.15) is 5.82 Å². The lowest BCUT2D eigenvalue weighted by atomic mass is 9.95. The lowest BCUT2D eigenvalue weighted by Crippen LogP contribution is -2.41. The van der Waals surface area contributed by atoms with E-state index in [9.17, 15) is 9.59 Å². The Morgan fingerprint density at radius 1 is 1.21 bits per heavy atom. The van der Waals surface area contributed by atoms with Gasteiger partial charge in [0.15, 0.2) is 5.69 Å². The van der Waals surface area contributed by atoms with E-state index in [1.807, 2.05) is 42.3 Å². The van der Waals surface area contributed by atoms with E-state index in [1.165, 1.54) is 13.2 Å². The van der Waals surface area contributed by atoms with Crippen LogP contribution in [0.3, 0.4) is 0 Å². The normalized spacial score (nSPS) is 14.6. The quantitative estimate of drug-likeness (QED) is 0.784. The third-order valence-corrected chi connectivity index (χ3v) is 4.89. The maximum absolute atomic E-state index is 12.8. The van der Waals surface area contributed by atoms with E-state index < -0.39 is 5.97 Å². The minimum Gasteiger partial charge on any atom is -0.464 e. The number of hydrogen-bond donors (Lipinski definition) is 1. The number of nitrogens with two attached hydrogens (primary N) is 1. The smallest absolute Gasteiger partial charge is 0.356 e. The number of nitrogen functional groups attached to an aromatic ring is 1. The second kappa shape index (κ2) is 8.69. The molecule has 0 atom stereocenters. The van der Waals surface area contributed by atoms with Crippen molar-refractivity contribution in [2.75, 3.05) is 37.9 Å². The van der Waals surface area contributed by atoms with Gasteiger partial charge in [-0.25, -0.2) is 9.78 Å². The number of benzene rings is 1. The summed E-state index contributed by atoms with van der Waals surface area (Å²) < 4.78 is 4.70. The largest absolute Gasteiger partial charge is 0.464 e. The molecule has 8 nitrogen and oxygen atoms in total. The zero-order valence-corrected chi connectivity index (χ0v) is 16.2. The summed E-state index contributed by atoms with van der Waals surface area (Å²) in [4.78, 5) is 36.7. The highest BCUT2D eigenvalue weighted by Crippen LogP contribution is 2.23. The molecule has 1 aliphatic rings. The fourth-order valence-electron chi connectivity index (χ4n) is 3.38. The molecule has 0 unspecified atom stereocenters. The number of hydrogen-bond acceptors (Lipinski definition) is 7. The lowest BCUT2D eigenvalue weighted by Gasteiger charge is -2.33. The first-order chi connectivity index (χ1) is 13.5. The van der Waals surface area contributed by atoms with Crippen molar-refractivity contribution in [3.05, 3.63) is 47.7 Å². The molecule has 1 aliphatic heterocycles. The Hall–Kier alpha value is -3.16. The Morgan fingerprint density at radius 2 is 1.89 bits per heavy atom. The van der Waals surface area contributed by atoms with E-state index in [4.69, 9.17) is 10.5 Å². The monoisotopic (exact) mass is 383 g/mol. The van der Waals surface area contributed by atoms with E-state index in [-0.39, 0.29) is 23.3 Å². The van der Waals surface area contributed by atoms with Crippen molar-refractivity contribution in [1.29, 1.82) is 0 Å². The Bertz CT molecular complexity index is 835. The Kier molecular flexibility index (Phi) is 6.08. The molecule has 0 bridgehead atoms. The van der Waals surface area contributed by atoms with Gasteiger partial charge in [0.25, 0.3) is 0 Å². The average Bonchev–Trinajstić information content (AvgIpc) is 2.73. The molecule has 1 fully saturated rings. The zero-order valence-electron chi connectivity index (χ0n) is 16.2. The summed E-state index contributed by atoms with van der Waals surface area (Å²) in [5.74, 6) is 0.163. The van der Waals surface area contributed by atoms with Gasteiger partial charge in [0, 0.05) is 38.7 Å². The van der Waals surface area contributed by atoms with Crippen LogP contribution < -0.4 is 10.6 Å². The van der Waals surface area contributed by atoms with E-state index in [0.29, 0.717) is 38.4 Å². The first-order valence-corrected chi connectivity index (χ1v) is 9.24. The first kappa shape index (κ1) is 19.6. The maximum Gasteiger partial charge on any atom is 0.356 e. The highest BCUT2D eigenvalue weighted by Gasteiger charge is 2.28. The van der Waals surface area contributed by atoms with Crippen molar-refractivity contribution in [3.63, 3.8) is 0 Å². The minimum absolute atomic E-state index is 0.0360. The van der Waals surface area contributed by atoms with Gasteiger partial charge < -0.3 is 20.3 Å². The van der Waals surface area contributed by atoms with Crippen molar-refractivity contribution in [3.8, 4) is 0 Å². The standard InChI is InChI=1S/C20H25N5O3/c1-24(13-14-6-4-3-5-7-14)18(26)15-8-10-25(11-9-15)20-22-16(19(27)28-2)12-17(21)23-20/h3-7,12,15H,8-11,13H2,1-2H3,(H2,21,22,23). The van der Waals surface area contributed by atoms with Gasteiger partial charge in [-0.05, 0) is 18.4 Å². The van der Waals surface area contributed by atoms with Crippen LogP contribution in [0.4, 0.5) is 11.8 Å². The number of carbonyl (C=O) groups is 2. The summed E-state index contributed by atoms with van der Waals surface area (Å²) >= 11 is 0. The van der Waals surface area contributed by atoms with Crippen LogP contribution in [0.5, 0.6) is 0 Å². The highest BCUT2D eigenvalue weighted by atomic mass is 16.5. The van der Waals surface area contributed by atoms with Crippen LogP contribution >= 0.6 is 0 Å². The summed E-state index contributed by atoms with van der Waals surface area (Å²) in [6.07, 6.45) is 1.40. The molecule has 1 aromatic carbocycles. The third kappa shape index (κ3) is 4.57. The highest BCUT2D eigenvalue weighted by molar-refractivity contribution is 5.88. The number of amides is 1. The zero-order chi connectivity index (χ0) is 20.1. The number of anilines is 2. The van der Waals surface area contributed by atoms with Gasteiger partial charge in [-0.2, -0.15) is 4.98 Å². The summed E-state index contributed by atoms with van der Waals surface area (Å²) in [5, 5.41) is 0. The minimum atomic E-state index is -0.553. The predicted octanol–water partition coefficient (Wildman–Crippen LogP) is 1.72. The van der Waals surface area contributed by atoms with Crippen LogP contribution in [0, 0.1) is 5.92 Å². The SMILES string of the molecule is COC(=O)c1cc(N)nc(N2CCC(C(=O)N(C)Cc3ccccc3)CC2)n1. The predicted molar refractivity (Wildman–Crippen MR) is 106 cm³/mol. The van der Waals surface area contributed by atoms with Gasteiger partial charge in [-0.1, -0.05) is 30.3 Å². The van der Waals surface area contributed by atoms with Gasteiger partial charge >= 0.3 is 5.97 Å². The maximum atomic E-state index is 12.8. The number of esters is 1. The molecule has 2 N–H and O–H groups in total. The number of rotatable bonds is 5. The van der Waals surface area contributed by atoms with Crippen LogP contribution in [-0.2, 0) is 16.1 Å². The van der Waals surface area contributed by atoms with Crippen LogP contribution in [-0.4, -0.2) is 54.0 Å². The third-order valence-electron chi connectivity index (χ3n) is 4.89. The molecular formula is C20H25N5O3. The molecule has 8 heteroatoms. The molecule has 28 heavy (non-hydrogen) atoms. The van der Waals surface area contributed by atoms with Crippen LogP contribution in [0.1, 0.15) is 28.9 Å². The Balaban J connectivity index is 1.60. The van der Waals surface area contributed by atoms with Crippen molar-refractivity contribution >= 4 is 23.6 Å². The second-order valence-corrected chi connectivity index (χ2v) is 6.91. The average molecular weight is 383 g/mol. The van der Waals surface area contributed by atoms with Gasteiger partial charge in [-0.15, -0.1) is 0 Å². The molecule has 1 aromatic heterocycles. The Morgan fingerprint density at radius 3 is 2.54 bits per heavy atom. The number of piperidine rings is 1. The molecule has 2 heterocycles. The van der Waals surface area contributed by atoms with E-state index in [2.05, 4.69) is 9.97 Å². The summed E-state index contributed by atoms with van der Waals surface area (Å²) in [5.41, 5.74) is 7.04. The number of nitrogens with zero attached hydrogens (tertiary/aromatic N) is 4. The number of aromatic nitrogens is 2. The summed E-state index contributed by atoms with van der Waals surface area (Å²) in [7, 11) is 3.13. The van der Waals surface area contributed by atoms with Gasteiger partial charge in [0.05, 0.1) is 7.11 Å². The van der Waals surface area contributed by atoms with E-state index >= 15 is 0 Å². The molecule has 0 radical (unpaired) electrons. The fourth-order valence-corrected chi connectivity index (χ4v) is 3.38. The van der Waals surface area contributed by atoms with Crippen molar-refractivity contribution in [2.45, 2.75) is 19.4 Å². The van der Waals surface area contributed by atoms with Gasteiger partial charge in [-0.3, -0.25) is 4.79 Å². The van der Waals surface area contributed by atoms with Crippen molar-refractivity contribution < 1.29 is 14.3 Å². The topological polar surface area (TPSA) is 102 Å². The van der Waals surface area contributed by atoms with Crippen LogP contribution in [0.25, 0.3) is 0 Å². The molecule has 3 rings (SSSR count). The van der Waals surface area contributed by atoms with E-state index in [0.717, 1.165) is 5.56 Å². The molecular weight excluding hydrogens is 358 g/mol. The Labute approximate surface area is 164 Å². The molecule has 0 saturated carbocycles. The number of carbonyl (C=O) groups excluding carboxylic acids is 2. The molecule has 2 aromatic rings. The van der Waals surface area contributed by atoms with Crippen LogP contribution in [0.15, 0.2) is 36.4 Å². The molecule has 0 spiro atoms. The molecule has 1 saturated heterocycles. The first-order valence-electron chi connectivity index (χ1n) is 9.24. The van der Waals surface area contributed by atoms with Crippen LogP contribution in [0.2, 0.25) is 0 Å². The van der Waals surface area contributed by atoms with E-state index in [1.54, 1.807) is 4.90 Å². The summed E-state index contributed by atoms with van der Waals surface area (Å²) in [6, 6.07) is 11.3. The number of ether oxygens (including phenoxy) is 1. The lowest BCUT2D eigenvalue weighted by molar-refractivity contribution is -0.135. The summed E-state index contributed by atoms with van der Waals surface area (Å²) in [6.45, 7) is 1.85. The molecule has 1 amide bonds. The van der Waals surface area contributed by atoms with Crippen molar-refractivity contribution in [2.24, 2.45) is 5.92 Å². The molecule has 148 valence electrons. The van der Waals surface area contributed by atoms with Crippen molar-refractivity contribution in [1.82, 2.24) is 14.9 Å². The fraction of sp³-hybridized carbons (Fsp3) is 0.400. The second-order valence-electron chi connectivity index (χ2n) is 6.91.